The number of aliphatic carboxylic acids is 1. The molecule has 0 aromatic rings. The molecule has 124 valence electrons. The fourth-order valence-corrected chi connectivity index (χ4v) is 2.23. The van der Waals surface area contributed by atoms with E-state index in [2.05, 4.69) is 31.4 Å². The van der Waals surface area contributed by atoms with Crippen molar-refractivity contribution in [3.63, 3.8) is 0 Å². The van der Waals surface area contributed by atoms with Gasteiger partial charge in [-0.15, -0.1) is 0 Å². The van der Waals surface area contributed by atoms with Gasteiger partial charge in [0.1, 0.15) is 0 Å². The van der Waals surface area contributed by atoms with Crippen LogP contribution in [0.4, 0.5) is 4.79 Å². The van der Waals surface area contributed by atoms with Gasteiger partial charge >= 0.3 is 12.0 Å². The van der Waals surface area contributed by atoms with Crippen molar-refractivity contribution in [3.05, 3.63) is 0 Å². The number of amides is 2. The molecule has 0 aromatic heterocycles. The molecule has 6 heteroatoms. The highest BCUT2D eigenvalue weighted by atomic mass is 16.5. The number of methoxy groups -OCH3 is 1. The molecule has 0 radical (unpaired) electrons. The van der Waals surface area contributed by atoms with Gasteiger partial charge in [-0.05, 0) is 31.1 Å². The largest absolute Gasteiger partial charge is 0.481 e. The summed E-state index contributed by atoms with van der Waals surface area (Å²) in [5.41, 5.74) is 0.0248. The fourth-order valence-electron chi connectivity index (χ4n) is 2.23. The summed E-state index contributed by atoms with van der Waals surface area (Å²) in [6.07, 6.45) is 1.56. The topological polar surface area (TPSA) is 87.7 Å². The van der Waals surface area contributed by atoms with Crippen molar-refractivity contribution in [2.24, 2.45) is 11.3 Å². The molecule has 0 aromatic carbocycles. The Hall–Kier alpha value is -1.30. The summed E-state index contributed by atoms with van der Waals surface area (Å²) in [5.74, 6) is -0.520. The number of carbonyl (C=O) groups excluding carboxylic acids is 1. The Kier molecular flexibility index (Phi) is 9.01. The van der Waals surface area contributed by atoms with E-state index in [0.29, 0.717) is 19.6 Å². The second-order valence-corrected chi connectivity index (χ2v) is 6.54. The van der Waals surface area contributed by atoms with Gasteiger partial charge in [-0.1, -0.05) is 20.8 Å². The molecule has 3 N–H and O–H groups in total. The summed E-state index contributed by atoms with van der Waals surface area (Å²) in [6, 6.07) is -0.258. The first-order valence-corrected chi connectivity index (χ1v) is 7.42. The monoisotopic (exact) mass is 302 g/mol. The second kappa shape index (κ2) is 9.60. The van der Waals surface area contributed by atoms with Crippen molar-refractivity contribution in [2.45, 2.75) is 53.0 Å². The number of rotatable bonds is 9. The van der Waals surface area contributed by atoms with Crippen LogP contribution in [-0.4, -0.2) is 43.4 Å². The molecule has 0 rings (SSSR count). The molecule has 0 saturated heterocycles. The second-order valence-electron chi connectivity index (χ2n) is 6.54. The van der Waals surface area contributed by atoms with Crippen LogP contribution >= 0.6 is 0 Å². The van der Waals surface area contributed by atoms with Crippen LogP contribution in [0.5, 0.6) is 0 Å². The number of urea groups is 1. The third kappa shape index (κ3) is 10.1. The normalized spacial score (nSPS) is 14.3. The number of carboxylic acid groups (broad SMARTS) is 1. The van der Waals surface area contributed by atoms with Crippen LogP contribution in [0, 0.1) is 11.3 Å². The number of carboxylic acids is 1. The van der Waals surface area contributed by atoms with Crippen LogP contribution in [0.15, 0.2) is 0 Å². The molecule has 0 fully saturated rings. The maximum atomic E-state index is 11.7. The Balaban J connectivity index is 4.13. The Morgan fingerprint density at radius 1 is 1.24 bits per heavy atom. The molecule has 0 aliphatic carbocycles. The average Bonchev–Trinajstić information content (AvgIpc) is 2.31. The first-order valence-electron chi connectivity index (χ1n) is 7.42. The summed E-state index contributed by atoms with van der Waals surface area (Å²) >= 11 is 0. The van der Waals surface area contributed by atoms with E-state index in [9.17, 15) is 9.59 Å². The number of ether oxygens (including phenoxy) is 1. The minimum absolute atomic E-state index is 0.0248. The van der Waals surface area contributed by atoms with Crippen molar-refractivity contribution < 1.29 is 19.4 Å². The van der Waals surface area contributed by atoms with E-state index in [0.717, 1.165) is 6.42 Å². The molecule has 0 heterocycles. The van der Waals surface area contributed by atoms with E-state index >= 15 is 0 Å². The molecule has 0 bridgehead atoms. The highest BCUT2D eigenvalue weighted by Crippen LogP contribution is 2.32. The van der Waals surface area contributed by atoms with Gasteiger partial charge < -0.3 is 20.5 Å². The van der Waals surface area contributed by atoms with Crippen molar-refractivity contribution in [2.75, 3.05) is 20.3 Å². The zero-order valence-electron chi connectivity index (χ0n) is 13.9. The van der Waals surface area contributed by atoms with Gasteiger partial charge in [0.25, 0.3) is 0 Å². The predicted octanol–water partition coefficient (Wildman–Crippen LogP) is 2.24. The molecular formula is C15H30N2O4. The van der Waals surface area contributed by atoms with Crippen LogP contribution in [-0.2, 0) is 9.53 Å². The number of carbonyl (C=O) groups is 2. The number of hydrogen-bond donors (Lipinski definition) is 3. The molecule has 0 aliphatic heterocycles. The fraction of sp³-hybridized carbons (Fsp3) is 0.867. The molecule has 2 amide bonds. The molecular weight excluding hydrogens is 272 g/mol. The van der Waals surface area contributed by atoms with Gasteiger partial charge in [-0.3, -0.25) is 4.79 Å². The van der Waals surface area contributed by atoms with Gasteiger partial charge in [-0.25, -0.2) is 4.79 Å². The third-order valence-electron chi connectivity index (χ3n) is 3.50. The quantitative estimate of drug-likeness (QED) is 0.609. The number of hydrogen-bond acceptors (Lipinski definition) is 3. The maximum absolute atomic E-state index is 11.7. The van der Waals surface area contributed by atoms with E-state index in [1.807, 2.05) is 6.92 Å². The standard InChI is InChI=1S/C15H30N2O4/c1-11(10-21-5)17-14(20)16-9-8-12(15(2,3)4)6-7-13(18)19/h11-12H,6-10H2,1-5H3,(H,18,19)(H2,16,17,20). The Labute approximate surface area is 127 Å². The van der Waals surface area contributed by atoms with Crippen molar-refractivity contribution in [3.8, 4) is 0 Å². The van der Waals surface area contributed by atoms with E-state index in [-0.39, 0.29) is 29.8 Å². The maximum Gasteiger partial charge on any atom is 0.315 e. The summed E-state index contributed by atoms with van der Waals surface area (Å²) in [4.78, 5) is 22.4. The lowest BCUT2D eigenvalue weighted by atomic mass is 9.76. The lowest BCUT2D eigenvalue weighted by molar-refractivity contribution is -0.137. The highest BCUT2D eigenvalue weighted by molar-refractivity contribution is 5.74. The SMILES string of the molecule is COCC(C)NC(=O)NCCC(CCC(=O)O)C(C)(C)C. The van der Waals surface area contributed by atoms with Crippen LogP contribution in [0.2, 0.25) is 0 Å². The molecule has 0 spiro atoms. The van der Waals surface area contributed by atoms with Gasteiger partial charge in [-0.2, -0.15) is 0 Å². The van der Waals surface area contributed by atoms with E-state index in [1.54, 1.807) is 7.11 Å². The molecule has 2 atom stereocenters. The van der Waals surface area contributed by atoms with Gasteiger partial charge in [0.15, 0.2) is 0 Å². The summed E-state index contributed by atoms with van der Waals surface area (Å²) in [5, 5.41) is 14.4. The summed E-state index contributed by atoms with van der Waals surface area (Å²) in [6.45, 7) is 9.17. The van der Waals surface area contributed by atoms with Crippen molar-refractivity contribution in [1.29, 1.82) is 0 Å². The minimum Gasteiger partial charge on any atom is -0.481 e. The van der Waals surface area contributed by atoms with Crippen molar-refractivity contribution >= 4 is 12.0 Å². The van der Waals surface area contributed by atoms with Gasteiger partial charge in [0.2, 0.25) is 0 Å². The first-order chi connectivity index (χ1) is 9.66. The van der Waals surface area contributed by atoms with Gasteiger partial charge in [0.05, 0.1) is 12.6 Å². The molecule has 6 nitrogen and oxygen atoms in total. The Bertz CT molecular complexity index is 326. The first kappa shape index (κ1) is 19.7. The lowest BCUT2D eigenvalue weighted by Crippen LogP contribution is -2.43. The van der Waals surface area contributed by atoms with Gasteiger partial charge in [0, 0.05) is 20.1 Å². The zero-order chi connectivity index (χ0) is 16.5. The van der Waals surface area contributed by atoms with Crippen LogP contribution in [0.25, 0.3) is 0 Å². The molecule has 0 saturated carbocycles. The highest BCUT2D eigenvalue weighted by Gasteiger charge is 2.24. The minimum atomic E-state index is -0.775. The Morgan fingerprint density at radius 2 is 1.86 bits per heavy atom. The van der Waals surface area contributed by atoms with Crippen LogP contribution in [0.3, 0.4) is 0 Å². The zero-order valence-corrected chi connectivity index (χ0v) is 13.9. The van der Waals surface area contributed by atoms with E-state index in [4.69, 9.17) is 9.84 Å². The molecule has 0 aliphatic rings. The smallest absolute Gasteiger partial charge is 0.315 e. The molecule has 21 heavy (non-hydrogen) atoms. The van der Waals surface area contributed by atoms with Crippen LogP contribution in [0.1, 0.15) is 47.0 Å². The number of nitrogens with one attached hydrogen (secondary N) is 2. The van der Waals surface area contributed by atoms with E-state index < -0.39 is 5.97 Å². The summed E-state index contributed by atoms with van der Waals surface area (Å²) < 4.78 is 4.95. The third-order valence-corrected chi connectivity index (χ3v) is 3.50. The average molecular weight is 302 g/mol. The summed E-state index contributed by atoms with van der Waals surface area (Å²) in [7, 11) is 1.59. The van der Waals surface area contributed by atoms with Crippen LogP contribution < -0.4 is 10.6 Å². The molecule has 2 unspecified atom stereocenters. The van der Waals surface area contributed by atoms with E-state index in [1.165, 1.54) is 0 Å². The lowest BCUT2D eigenvalue weighted by Gasteiger charge is -2.30. The Morgan fingerprint density at radius 3 is 2.33 bits per heavy atom. The van der Waals surface area contributed by atoms with Crippen molar-refractivity contribution in [1.82, 2.24) is 10.6 Å². The predicted molar refractivity (Wildman–Crippen MR) is 82.3 cm³/mol.